The molecule has 9 heteroatoms. The molecule has 1 N–H and O–H groups in total. The molecule has 2 aromatic rings. The van der Waals surface area contributed by atoms with Crippen LogP contribution in [0.15, 0.2) is 42.1 Å². The fourth-order valence-corrected chi connectivity index (χ4v) is 6.46. The van der Waals surface area contributed by atoms with Gasteiger partial charge in [0.05, 0.1) is 17.2 Å². The monoisotopic (exact) mass is 509 g/mol. The van der Waals surface area contributed by atoms with Crippen LogP contribution in [-0.4, -0.2) is 41.2 Å². The maximum absolute atomic E-state index is 13.8. The molecule has 4 nitrogen and oxygen atoms in total. The van der Waals surface area contributed by atoms with Crippen LogP contribution in [0, 0.1) is 11.7 Å². The largest absolute Gasteiger partial charge is 0.416 e. The highest BCUT2D eigenvalue weighted by atomic mass is 32.1. The van der Waals surface area contributed by atoms with Crippen molar-refractivity contribution >= 4 is 11.3 Å². The Hall–Kier alpha value is -1.97. The third-order valence-corrected chi connectivity index (χ3v) is 8.71. The summed E-state index contributed by atoms with van der Waals surface area (Å²) in [7, 11) is 0. The van der Waals surface area contributed by atoms with E-state index in [2.05, 4.69) is 21.8 Å². The van der Waals surface area contributed by atoms with Crippen LogP contribution < -0.4 is 5.32 Å². The normalized spacial score (nSPS) is 26.6. The molecule has 0 amide bonds. The van der Waals surface area contributed by atoms with Gasteiger partial charge in [-0.05, 0) is 81.3 Å². The van der Waals surface area contributed by atoms with E-state index < -0.39 is 23.2 Å². The Kier molecular flexibility index (Phi) is 6.94. The van der Waals surface area contributed by atoms with E-state index in [-0.39, 0.29) is 12.1 Å². The second kappa shape index (κ2) is 9.82. The molecule has 3 aliphatic rings. The van der Waals surface area contributed by atoms with Gasteiger partial charge in [-0.1, -0.05) is 6.58 Å². The van der Waals surface area contributed by atoms with Gasteiger partial charge in [-0.25, -0.2) is 9.37 Å². The number of likely N-dealkylation sites (tertiary alicyclic amines) is 1. The van der Waals surface area contributed by atoms with Crippen LogP contribution in [0.4, 0.5) is 17.6 Å². The summed E-state index contributed by atoms with van der Waals surface area (Å²) in [5, 5.41) is 6.46. The molecule has 0 spiro atoms. The van der Waals surface area contributed by atoms with Gasteiger partial charge in [-0.15, -0.1) is 11.3 Å². The van der Waals surface area contributed by atoms with Gasteiger partial charge in [0.1, 0.15) is 11.4 Å². The number of aromatic nitrogens is 1. The minimum absolute atomic E-state index is 0.0746. The van der Waals surface area contributed by atoms with E-state index in [9.17, 15) is 17.6 Å². The molecule has 3 heterocycles. The first-order valence-corrected chi connectivity index (χ1v) is 13.2. The summed E-state index contributed by atoms with van der Waals surface area (Å²) in [5.41, 5.74) is -0.553. The van der Waals surface area contributed by atoms with Crippen molar-refractivity contribution in [3.05, 3.63) is 64.0 Å². The van der Waals surface area contributed by atoms with Crippen LogP contribution in [0.3, 0.4) is 0 Å². The van der Waals surface area contributed by atoms with Crippen molar-refractivity contribution in [3.63, 3.8) is 0 Å². The number of hydrogen-bond donors (Lipinski definition) is 1. The van der Waals surface area contributed by atoms with Gasteiger partial charge in [0, 0.05) is 35.8 Å². The van der Waals surface area contributed by atoms with Gasteiger partial charge in [0.25, 0.3) is 0 Å². The van der Waals surface area contributed by atoms with Gasteiger partial charge in [-0.3, -0.25) is 4.90 Å². The van der Waals surface area contributed by atoms with Gasteiger partial charge >= 0.3 is 6.18 Å². The van der Waals surface area contributed by atoms with Gasteiger partial charge in [0.2, 0.25) is 0 Å². The first kappa shape index (κ1) is 24.7. The predicted molar refractivity (Wildman–Crippen MR) is 127 cm³/mol. The summed E-state index contributed by atoms with van der Waals surface area (Å²) in [6.07, 6.45) is 3.46. The zero-order chi connectivity index (χ0) is 24.6. The molecule has 1 aromatic heterocycles. The number of nitrogens with zero attached hydrogens (tertiary/aromatic N) is 2. The van der Waals surface area contributed by atoms with E-state index >= 15 is 0 Å². The molecule has 0 bridgehead atoms. The topological polar surface area (TPSA) is 37.4 Å². The summed E-state index contributed by atoms with van der Waals surface area (Å²) in [6, 6.07) is 3.00. The molecule has 5 rings (SSSR count). The third-order valence-electron chi connectivity index (χ3n) is 7.77. The van der Waals surface area contributed by atoms with Crippen LogP contribution in [0.5, 0.6) is 0 Å². The Bertz CT molecular complexity index is 1020. The highest BCUT2D eigenvalue weighted by Crippen LogP contribution is 2.50. The van der Waals surface area contributed by atoms with Crippen molar-refractivity contribution in [2.45, 2.75) is 68.8 Å². The molecule has 0 unspecified atom stereocenters. The lowest BCUT2D eigenvalue weighted by Gasteiger charge is -2.46. The smallest absolute Gasteiger partial charge is 0.382 e. The molecular formula is C26H31F4N3OS. The van der Waals surface area contributed by atoms with Crippen LogP contribution in [0.25, 0.3) is 0 Å². The van der Waals surface area contributed by atoms with Crippen LogP contribution in [-0.2, 0) is 17.5 Å². The number of rotatable bonds is 7. The molecule has 3 fully saturated rings. The minimum Gasteiger partial charge on any atom is -0.382 e. The van der Waals surface area contributed by atoms with Crippen LogP contribution in [0.1, 0.15) is 60.6 Å². The second-order valence-electron chi connectivity index (χ2n) is 10.0. The van der Waals surface area contributed by atoms with E-state index in [1.54, 1.807) is 11.3 Å². The standard InChI is InChI=1S/C26H31F4N3OS/c1-17(32-15-18-12-21(26(28,29)30)14-22(27)13-18)25(20-2-3-20)7-4-23(16-34-25)33-9-5-19(6-10-33)24-31-8-11-35-24/h8,11-14,19-20,23,32H,1-7,9-10,15-16H2/t23-,25-/m1/s1. The number of benzene rings is 1. The van der Waals surface area contributed by atoms with Gasteiger partial charge in [0.15, 0.2) is 0 Å². The molecular weight excluding hydrogens is 478 g/mol. The average molecular weight is 510 g/mol. The fourth-order valence-electron chi connectivity index (χ4n) is 5.65. The summed E-state index contributed by atoms with van der Waals surface area (Å²) in [5.74, 6) is 0.0258. The SMILES string of the molecule is C=C(NCc1cc(F)cc(C(F)(F)F)c1)[C@@]1(C2CC2)CC[C@@H](N2CCC(c3nccs3)CC2)CO1. The quantitative estimate of drug-likeness (QED) is 0.457. The number of ether oxygens (including phenoxy) is 1. The lowest BCUT2D eigenvalue weighted by Crippen LogP contribution is -2.53. The third kappa shape index (κ3) is 5.42. The second-order valence-corrected chi connectivity index (χ2v) is 11.0. The lowest BCUT2D eigenvalue weighted by molar-refractivity contribution is -0.137. The summed E-state index contributed by atoms with van der Waals surface area (Å²) in [6.45, 7) is 7.00. The number of halogens is 4. The van der Waals surface area contributed by atoms with Crippen LogP contribution >= 0.6 is 11.3 Å². The van der Waals surface area contributed by atoms with E-state index in [0.29, 0.717) is 36.2 Å². The molecule has 35 heavy (non-hydrogen) atoms. The van der Waals surface area contributed by atoms with E-state index in [1.807, 2.05) is 11.6 Å². The molecule has 1 saturated carbocycles. The molecule has 2 saturated heterocycles. The number of hydrogen-bond acceptors (Lipinski definition) is 5. The number of alkyl halides is 3. The Labute approximate surface area is 207 Å². The van der Waals surface area contributed by atoms with Crippen molar-refractivity contribution in [3.8, 4) is 0 Å². The maximum Gasteiger partial charge on any atom is 0.416 e. The summed E-state index contributed by atoms with van der Waals surface area (Å²) >= 11 is 1.74. The highest BCUT2D eigenvalue weighted by molar-refractivity contribution is 7.09. The van der Waals surface area contributed by atoms with E-state index in [4.69, 9.17) is 4.74 Å². The Morgan fingerprint density at radius 2 is 1.94 bits per heavy atom. The van der Waals surface area contributed by atoms with Crippen LogP contribution in [0.2, 0.25) is 0 Å². The van der Waals surface area contributed by atoms with E-state index in [1.165, 1.54) is 5.01 Å². The van der Waals surface area contributed by atoms with Gasteiger partial charge in [-0.2, -0.15) is 13.2 Å². The van der Waals surface area contributed by atoms with Crippen molar-refractivity contribution in [1.29, 1.82) is 0 Å². The molecule has 0 radical (unpaired) electrons. The molecule has 190 valence electrons. The number of thiazole rings is 1. The fraction of sp³-hybridized carbons (Fsp3) is 0.577. The molecule has 1 aliphatic carbocycles. The molecule has 2 atom stereocenters. The zero-order valence-electron chi connectivity index (χ0n) is 19.6. The Morgan fingerprint density at radius 1 is 1.17 bits per heavy atom. The number of nitrogens with one attached hydrogen (secondary N) is 1. The first-order valence-electron chi connectivity index (χ1n) is 12.3. The maximum atomic E-state index is 13.8. The van der Waals surface area contributed by atoms with Crippen molar-refractivity contribution in [2.75, 3.05) is 19.7 Å². The Morgan fingerprint density at radius 3 is 2.54 bits per heavy atom. The average Bonchev–Trinajstić information content (AvgIpc) is 3.56. The summed E-state index contributed by atoms with van der Waals surface area (Å²) in [4.78, 5) is 7.02. The molecule has 2 aliphatic heterocycles. The van der Waals surface area contributed by atoms with Crippen molar-refractivity contribution in [1.82, 2.24) is 15.2 Å². The van der Waals surface area contributed by atoms with Crippen molar-refractivity contribution in [2.24, 2.45) is 5.92 Å². The lowest BCUT2D eigenvalue weighted by atomic mass is 9.83. The van der Waals surface area contributed by atoms with Gasteiger partial charge < -0.3 is 10.1 Å². The molecule has 1 aromatic carbocycles. The van der Waals surface area contributed by atoms with Crippen molar-refractivity contribution < 1.29 is 22.3 Å². The summed E-state index contributed by atoms with van der Waals surface area (Å²) < 4.78 is 59.5. The Balaban J connectivity index is 1.18. The predicted octanol–water partition coefficient (Wildman–Crippen LogP) is 6.11. The number of piperidine rings is 1. The highest BCUT2D eigenvalue weighted by Gasteiger charge is 2.51. The minimum atomic E-state index is -4.58. The zero-order valence-corrected chi connectivity index (χ0v) is 20.4. The van der Waals surface area contributed by atoms with E-state index in [0.717, 1.165) is 63.7 Å². The first-order chi connectivity index (χ1) is 16.7.